The van der Waals surface area contributed by atoms with Gasteiger partial charge in [-0.1, -0.05) is 0 Å². The van der Waals surface area contributed by atoms with Crippen molar-refractivity contribution in [3.8, 4) is 0 Å². The quantitative estimate of drug-likeness (QED) is 0.216. The summed E-state index contributed by atoms with van der Waals surface area (Å²) in [5.41, 5.74) is 0. The number of hydrogen-bond donors (Lipinski definition) is 0. The third-order valence-electron chi connectivity index (χ3n) is 0. The van der Waals surface area contributed by atoms with Gasteiger partial charge in [-0.2, -0.15) is 0 Å². The Hall–Kier alpha value is 3.92. The Morgan fingerprint density at radius 2 is 0.400 bits per heavy atom. The van der Waals surface area contributed by atoms with Gasteiger partial charge in [0.25, 0.3) is 0 Å². The van der Waals surface area contributed by atoms with Crippen molar-refractivity contribution in [1.82, 2.24) is 0 Å². The fourth-order valence-electron chi connectivity index (χ4n) is 0. The maximum Gasteiger partial charge on any atom is 1.00 e. The van der Waals surface area contributed by atoms with E-state index in [9.17, 15) is 0 Å². The first-order chi connectivity index (χ1) is 0. The van der Waals surface area contributed by atoms with Crippen molar-refractivity contribution in [2.24, 2.45) is 0 Å². The first-order valence-corrected chi connectivity index (χ1v) is 0. The summed E-state index contributed by atoms with van der Waals surface area (Å²) < 4.78 is 0. The van der Waals surface area contributed by atoms with Crippen LogP contribution in [-0.2, 0) is 0 Å². The van der Waals surface area contributed by atoms with E-state index in [1.54, 1.807) is 0 Å². The van der Waals surface area contributed by atoms with Gasteiger partial charge in [0.2, 0.25) is 0 Å². The number of halogens is 4. The first-order valence-electron chi connectivity index (χ1n) is 0. The van der Waals surface area contributed by atoms with E-state index >= 15 is 0 Å². The maximum atomic E-state index is 0. The average Bonchev–Trinajstić information content (AvgIpc) is 0. The third kappa shape index (κ3) is 18.1. The van der Waals surface area contributed by atoms with E-state index in [0.29, 0.717) is 0 Å². The van der Waals surface area contributed by atoms with E-state index < -0.39 is 0 Å². The summed E-state index contributed by atoms with van der Waals surface area (Å²) in [5, 5.41) is 0. The van der Waals surface area contributed by atoms with Crippen molar-refractivity contribution in [2.75, 3.05) is 0 Å². The van der Waals surface area contributed by atoms with Crippen LogP contribution < -0.4 is 125 Å². The fourth-order valence-corrected chi connectivity index (χ4v) is 0. The van der Waals surface area contributed by atoms with E-state index in [1.807, 2.05) is 0 Å². The van der Waals surface area contributed by atoms with E-state index in [2.05, 4.69) is 0 Å². The molecule has 0 N–H and O–H groups in total. The van der Waals surface area contributed by atoms with Crippen LogP contribution >= 0.6 is 0 Å². The summed E-state index contributed by atoms with van der Waals surface area (Å²) in [4.78, 5) is 0. The van der Waals surface area contributed by atoms with Gasteiger partial charge in [-0.25, -0.2) is 0 Å². The van der Waals surface area contributed by atoms with E-state index in [0.717, 1.165) is 0 Å². The summed E-state index contributed by atoms with van der Waals surface area (Å²) in [6.45, 7) is 0. The molecule has 0 heterocycles. The number of hydrogen-bond acceptors (Lipinski definition) is 0. The third-order valence-corrected chi connectivity index (χ3v) is 0. The van der Waals surface area contributed by atoms with Crippen LogP contribution in [0.4, 0.5) is 0 Å². The molecule has 0 aromatic carbocycles. The molecule has 0 aliphatic heterocycles. The zero-order chi connectivity index (χ0) is 0. The van der Waals surface area contributed by atoms with Gasteiger partial charge in [-0.05, 0) is 0 Å². The van der Waals surface area contributed by atoms with Gasteiger partial charge >= 0.3 is 29.6 Å². The Bertz CT molecular complexity index is 3.61. The number of rotatable bonds is 0. The van der Waals surface area contributed by atoms with E-state index in [1.165, 1.54) is 0 Å². The van der Waals surface area contributed by atoms with Crippen molar-refractivity contribution >= 4 is 0 Å². The van der Waals surface area contributed by atoms with Crippen LogP contribution in [0.3, 0.4) is 0 Å². The van der Waals surface area contributed by atoms with Gasteiger partial charge in [0, 0.05) is 0 Å². The average molecular weight is 531 g/mol. The normalized spacial score (nSPS) is 0. The second kappa shape index (κ2) is 24.7. The Balaban J connectivity index is 0. The smallest absolute Gasteiger partial charge is 1.00 e. The topological polar surface area (TPSA) is 0 Å². The molecule has 0 amide bonds. The Morgan fingerprint density at radius 1 is 0.400 bits per heavy atom. The van der Waals surface area contributed by atoms with Crippen molar-refractivity contribution in [2.45, 2.75) is 0 Å². The minimum Gasteiger partial charge on any atom is -1.00 e. The molecule has 0 nitrogen and oxygen atoms in total. The molecule has 0 rings (SSSR count). The van der Waals surface area contributed by atoms with Crippen LogP contribution in [0.2, 0.25) is 0 Å². The van der Waals surface area contributed by atoms with Crippen LogP contribution in [0.15, 0.2) is 0 Å². The predicted octanol–water partition coefficient (Wildman–Crippen LogP) is -15.0. The first kappa shape index (κ1) is 36.4. The summed E-state index contributed by atoms with van der Waals surface area (Å²) in [7, 11) is 0. The van der Waals surface area contributed by atoms with Crippen LogP contribution in [0.25, 0.3) is 0 Å². The minimum absolute atomic E-state index is 0. The SMILES string of the molecule is [I-].[I-].[I-].[I-].[Na+]. The second-order valence-electron chi connectivity index (χ2n) is 0. The van der Waals surface area contributed by atoms with Gasteiger partial charge < -0.3 is 95.9 Å². The van der Waals surface area contributed by atoms with Gasteiger partial charge in [-0.3, -0.25) is 0 Å². The minimum atomic E-state index is 0. The zero-order valence-corrected chi connectivity index (χ0v) is 13.1. The standard InChI is InChI=1S/4HI.Na/h4*1H;/q;;;;+1/p-4. The molecule has 0 aromatic rings. The Kier molecular flexibility index (Phi) is 180. The predicted molar refractivity (Wildman–Crippen MR) is 0 cm³/mol. The maximum absolute atomic E-state index is 0. The molecule has 0 spiro atoms. The molecule has 32 valence electrons. The molecule has 0 aliphatic carbocycles. The van der Waals surface area contributed by atoms with Crippen molar-refractivity contribution in [3.63, 3.8) is 0 Å². The summed E-state index contributed by atoms with van der Waals surface area (Å²) >= 11 is 0. The van der Waals surface area contributed by atoms with Gasteiger partial charge in [0.15, 0.2) is 0 Å². The van der Waals surface area contributed by atoms with Gasteiger partial charge in [0.05, 0.1) is 0 Å². The van der Waals surface area contributed by atoms with Crippen LogP contribution in [-0.4, -0.2) is 0 Å². The molecule has 0 aromatic heterocycles. The van der Waals surface area contributed by atoms with E-state index in [-0.39, 0.29) is 125 Å². The molecular formula is I4Na-3. The molecule has 0 saturated carbocycles. The summed E-state index contributed by atoms with van der Waals surface area (Å²) in [6.07, 6.45) is 0. The Labute approximate surface area is 122 Å². The molecule has 0 saturated heterocycles. The second-order valence-corrected chi connectivity index (χ2v) is 0. The molecule has 0 unspecified atom stereocenters. The van der Waals surface area contributed by atoms with E-state index in [4.69, 9.17) is 0 Å². The molecule has 0 bridgehead atoms. The van der Waals surface area contributed by atoms with Crippen molar-refractivity contribution in [3.05, 3.63) is 0 Å². The molecule has 0 radical (unpaired) electrons. The molecule has 0 aliphatic rings. The van der Waals surface area contributed by atoms with Gasteiger partial charge in [0.1, 0.15) is 0 Å². The molecule has 5 heavy (non-hydrogen) atoms. The van der Waals surface area contributed by atoms with Crippen molar-refractivity contribution in [1.29, 1.82) is 0 Å². The van der Waals surface area contributed by atoms with Crippen LogP contribution in [0.5, 0.6) is 0 Å². The van der Waals surface area contributed by atoms with Gasteiger partial charge in [-0.15, -0.1) is 0 Å². The Morgan fingerprint density at radius 3 is 0.400 bits per heavy atom. The van der Waals surface area contributed by atoms with Crippen LogP contribution in [0, 0.1) is 0 Å². The molecule has 5 heteroatoms. The summed E-state index contributed by atoms with van der Waals surface area (Å²) in [6, 6.07) is 0. The summed E-state index contributed by atoms with van der Waals surface area (Å²) in [5.74, 6) is 0. The molecule has 0 fully saturated rings. The van der Waals surface area contributed by atoms with Crippen LogP contribution in [0.1, 0.15) is 0 Å². The zero-order valence-electron chi connectivity index (χ0n) is 2.51. The molecule has 0 atom stereocenters. The largest absolute Gasteiger partial charge is 1.00 e. The molecular weight excluding hydrogens is 531 g/mol. The van der Waals surface area contributed by atoms with Crippen molar-refractivity contribution < 1.29 is 125 Å². The fraction of sp³-hybridized carbons (Fsp3) is 0. The monoisotopic (exact) mass is 531 g/mol.